The predicted octanol–water partition coefficient (Wildman–Crippen LogP) is 1.90. The van der Waals surface area contributed by atoms with Gasteiger partial charge in [-0.15, -0.1) is 0 Å². The van der Waals surface area contributed by atoms with Gasteiger partial charge in [0.05, 0.1) is 6.61 Å². The molecule has 1 heterocycles. The lowest BCUT2D eigenvalue weighted by Crippen LogP contribution is -2.58. The zero-order valence-corrected chi connectivity index (χ0v) is 8.76. The SMILES string of the molecule is CCOCC1CCN1C(C)(C)C. The third kappa shape index (κ3) is 2.20. The highest BCUT2D eigenvalue weighted by Gasteiger charge is 2.35. The first kappa shape index (κ1) is 10.0. The fourth-order valence-corrected chi connectivity index (χ4v) is 1.75. The summed E-state index contributed by atoms with van der Waals surface area (Å²) in [5.41, 5.74) is 0.319. The van der Waals surface area contributed by atoms with Gasteiger partial charge in [0.25, 0.3) is 0 Å². The minimum atomic E-state index is 0.319. The molecule has 1 atom stereocenters. The molecule has 0 aromatic carbocycles. The van der Waals surface area contributed by atoms with E-state index in [9.17, 15) is 0 Å². The summed E-state index contributed by atoms with van der Waals surface area (Å²) in [5, 5.41) is 0. The normalized spacial score (nSPS) is 25.5. The highest BCUT2D eigenvalue weighted by molar-refractivity contribution is 4.91. The van der Waals surface area contributed by atoms with Crippen LogP contribution in [0.3, 0.4) is 0 Å². The molecule has 2 nitrogen and oxygen atoms in total. The minimum Gasteiger partial charge on any atom is -0.380 e. The predicted molar refractivity (Wildman–Crippen MR) is 51.4 cm³/mol. The Morgan fingerprint density at radius 3 is 2.42 bits per heavy atom. The Morgan fingerprint density at radius 2 is 2.08 bits per heavy atom. The summed E-state index contributed by atoms with van der Waals surface area (Å²) < 4.78 is 5.42. The lowest BCUT2D eigenvalue weighted by atomic mass is 9.94. The van der Waals surface area contributed by atoms with Crippen molar-refractivity contribution in [3.05, 3.63) is 0 Å². The van der Waals surface area contributed by atoms with Crippen LogP contribution in [0.25, 0.3) is 0 Å². The van der Waals surface area contributed by atoms with Crippen molar-refractivity contribution in [3.63, 3.8) is 0 Å². The number of hydrogen-bond acceptors (Lipinski definition) is 2. The Hall–Kier alpha value is -0.0800. The Balaban J connectivity index is 2.29. The summed E-state index contributed by atoms with van der Waals surface area (Å²) in [5.74, 6) is 0. The van der Waals surface area contributed by atoms with Crippen LogP contribution in [0.4, 0.5) is 0 Å². The van der Waals surface area contributed by atoms with Gasteiger partial charge in [-0.05, 0) is 34.1 Å². The van der Waals surface area contributed by atoms with Crippen LogP contribution in [-0.2, 0) is 4.74 Å². The van der Waals surface area contributed by atoms with Crippen molar-refractivity contribution < 1.29 is 4.74 Å². The average Bonchev–Trinajstić information content (AvgIpc) is 1.82. The Morgan fingerprint density at radius 1 is 1.42 bits per heavy atom. The topological polar surface area (TPSA) is 12.5 Å². The molecule has 1 aliphatic rings. The van der Waals surface area contributed by atoms with Crippen LogP contribution in [0.2, 0.25) is 0 Å². The van der Waals surface area contributed by atoms with Gasteiger partial charge in [-0.2, -0.15) is 0 Å². The summed E-state index contributed by atoms with van der Waals surface area (Å²) >= 11 is 0. The molecular formula is C10H21NO. The Bertz CT molecular complexity index is 139. The maximum Gasteiger partial charge on any atom is 0.0622 e. The first-order chi connectivity index (χ1) is 5.55. The van der Waals surface area contributed by atoms with Crippen LogP contribution in [-0.4, -0.2) is 36.2 Å². The second-order valence-electron chi connectivity index (χ2n) is 4.47. The molecule has 1 fully saturated rings. The molecule has 1 rings (SSSR count). The standard InChI is InChI=1S/C10H21NO/c1-5-12-8-9-6-7-11(9)10(2,3)4/h9H,5-8H2,1-4H3. The van der Waals surface area contributed by atoms with Crippen LogP contribution in [0.1, 0.15) is 34.1 Å². The summed E-state index contributed by atoms with van der Waals surface area (Å²) in [4.78, 5) is 2.52. The molecule has 0 bridgehead atoms. The maximum absolute atomic E-state index is 5.42. The third-order valence-corrected chi connectivity index (χ3v) is 2.52. The molecule has 0 aromatic rings. The Labute approximate surface area is 75.9 Å². The molecule has 1 unspecified atom stereocenters. The van der Waals surface area contributed by atoms with Crippen molar-refractivity contribution in [2.75, 3.05) is 19.8 Å². The fourth-order valence-electron chi connectivity index (χ4n) is 1.75. The molecule has 72 valence electrons. The second-order valence-corrected chi connectivity index (χ2v) is 4.47. The van der Waals surface area contributed by atoms with E-state index >= 15 is 0 Å². The number of ether oxygens (including phenoxy) is 1. The van der Waals surface area contributed by atoms with Crippen LogP contribution in [0.5, 0.6) is 0 Å². The van der Waals surface area contributed by atoms with Crippen LogP contribution in [0, 0.1) is 0 Å². The van der Waals surface area contributed by atoms with Gasteiger partial charge in [0.1, 0.15) is 0 Å². The lowest BCUT2D eigenvalue weighted by molar-refractivity contribution is -0.0439. The van der Waals surface area contributed by atoms with E-state index in [4.69, 9.17) is 4.74 Å². The molecule has 0 saturated carbocycles. The molecule has 0 aliphatic carbocycles. The molecule has 0 amide bonds. The highest BCUT2D eigenvalue weighted by Crippen LogP contribution is 2.27. The van der Waals surface area contributed by atoms with Crippen molar-refractivity contribution in [2.45, 2.75) is 45.7 Å². The monoisotopic (exact) mass is 171 g/mol. The largest absolute Gasteiger partial charge is 0.380 e. The van der Waals surface area contributed by atoms with E-state index < -0.39 is 0 Å². The van der Waals surface area contributed by atoms with Gasteiger partial charge in [-0.25, -0.2) is 0 Å². The van der Waals surface area contributed by atoms with Crippen LogP contribution < -0.4 is 0 Å². The molecule has 0 aromatic heterocycles. The molecule has 12 heavy (non-hydrogen) atoms. The van der Waals surface area contributed by atoms with E-state index in [1.165, 1.54) is 13.0 Å². The zero-order valence-electron chi connectivity index (χ0n) is 8.76. The molecule has 0 radical (unpaired) electrons. The van der Waals surface area contributed by atoms with Gasteiger partial charge in [-0.1, -0.05) is 0 Å². The fraction of sp³-hybridized carbons (Fsp3) is 1.00. The molecule has 2 heteroatoms. The number of rotatable bonds is 3. The summed E-state index contributed by atoms with van der Waals surface area (Å²) in [6.07, 6.45) is 1.30. The van der Waals surface area contributed by atoms with Gasteiger partial charge >= 0.3 is 0 Å². The second kappa shape index (κ2) is 3.75. The minimum absolute atomic E-state index is 0.319. The lowest BCUT2D eigenvalue weighted by Gasteiger charge is -2.49. The van der Waals surface area contributed by atoms with E-state index in [0.717, 1.165) is 13.2 Å². The van der Waals surface area contributed by atoms with E-state index in [1.54, 1.807) is 0 Å². The smallest absolute Gasteiger partial charge is 0.0622 e. The van der Waals surface area contributed by atoms with E-state index in [2.05, 4.69) is 32.6 Å². The number of nitrogens with zero attached hydrogens (tertiary/aromatic N) is 1. The average molecular weight is 171 g/mol. The summed E-state index contributed by atoms with van der Waals surface area (Å²) in [6, 6.07) is 0.671. The van der Waals surface area contributed by atoms with Crippen molar-refractivity contribution in [2.24, 2.45) is 0 Å². The van der Waals surface area contributed by atoms with E-state index in [0.29, 0.717) is 11.6 Å². The molecule has 0 N–H and O–H groups in total. The van der Waals surface area contributed by atoms with Gasteiger partial charge < -0.3 is 4.74 Å². The Kier molecular flexibility index (Phi) is 3.13. The maximum atomic E-state index is 5.42. The van der Waals surface area contributed by atoms with Crippen LogP contribution >= 0.6 is 0 Å². The summed E-state index contributed by atoms with van der Waals surface area (Å²) in [6.45, 7) is 11.9. The van der Waals surface area contributed by atoms with Crippen molar-refractivity contribution in [3.8, 4) is 0 Å². The molecular weight excluding hydrogens is 150 g/mol. The first-order valence-electron chi connectivity index (χ1n) is 4.90. The van der Waals surface area contributed by atoms with Crippen molar-refractivity contribution in [1.29, 1.82) is 0 Å². The molecule has 0 spiro atoms. The van der Waals surface area contributed by atoms with E-state index in [1.807, 2.05) is 0 Å². The van der Waals surface area contributed by atoms with Crippen LogP contribution in [0.15, 0.2) is 0 Å². The number of likely N-dealkylation sites (tertiary alicyclic amines) is 1. The van der Waals surface area contributed by atoms with Gasteiger partial charge in [-0.3, -0.25) is 4.90 Å². The van der Waals surface area contributed by atoms with Gasteiger partial charge in [0.15, 0.2) is 0 Å². The van der Waals surface area contributed by atoms with Crippen molar-refractivity contribution >= 4 is 0 Å². The van der Waals surface area contributed by atoms with Crippen molar-refractivity contribution in [1.82, 2.24) is 4.90 Å². The quantitative estimate of drug-likeness (QED) is 0.643. The van der Waals surface area contributed by atoms with Gasteiger partial charge in [0, 0.05) is 24.7 Å². The summed E-state index contributed by atoms with van der Waals surface area (Å²) in [7, 11) is 0. The number of hydrogen-bond donors (Lipinski definition) is 0. The third-order valence-electron chi connectivity index (χ3n) is 2.52. The zero-order chi connectivity index (χ0) is 9.19. The van der Waals surface area contributed by atoms with Gasteiger partial charge in [0.2, 0.25) is 0 Å². The first-order valence-corrected chi connectivity index (χ1v) is 4.90. The highest BCUT2D eigenvalue weighted by atomic mass is 16.5. The molecule has 1 saturated heterocycles. The van der Waals surface area contributed by atoms with E-state index in [-0.39, 0.29) is 0 Å². The molecule has 1 aliphatic heterocycles.